The molecule has 2 amide bonds. The van der Waals surface area contributed by atoms with Gasteiger partial charge >= 0.3 is 0 Å². The van der Waals surface area contributed by atoms with Gasteiger partial charge in [-0.25, -0.2) is 0 Å². The molecular formula is C19H22N2O4. The third-order valence-corrected chi connectivity index (χ3v) is 3.31. The molecule has 6 heteroatoms. The Morgan fingerprint density at radius 1 is 0.960 bits per heavy atom. The van der Waals surface area contributed by atoms with Crippen molar-refractivity contribution in [1.82, 2.24) is 5.32 Å². The Morgan fingerprint density at radius 2 is 1.48 bits per heavy atom. The average molecular weight is 342 g/mol. The van der Waals surface area contributed by atoms with E-state index in [1.54, 1.807) is 31.2 Å². The van der Waals surface area contributed by atoms with Crippen LogP contribution in [0.2, 0.25) is 0 Å². The highest BCUT2D eigenvalue weighted by Gasteiger charge is 2.13. The van der Waals surface area contributed by atoms with Gasteiger partial charge in [0.1, 0.15) is 23.3 Å². The standard InChI is InChI=1S/C19H22N2O4/c1-4-24-16-9-11-18(12-10-16)25-17-7-5-15(6-8-17)21-19(23)13(2)20-14(3)22/h5-13H,4H2,1-3H3,(H,20,22)(H,21,23). The van der Waals surface area contributed by atoms with Crippen LogP contribution in [0.1, 0.15) is 20.8 Å². The van der Waals surface area contributed by atoms with Crippen molar-refractivity contribution in [1.29, 1.82) is 0 Å². The number of anilines is 1. The Morgan fingerprint density at radius 3 is 2.00 bits per heavy atom. The van der Waals surface area contributed by atoms with Gasteiger partial charge in [-0.15, -0.1) is 0 Å². The number of carbonyl (C=O) groups excluding carboxylic acids is 2. The summed E-state index contributed by atoms with van der Waals surface area (Å²) in [7, 11) is 0. The molecule has 0 saturated carbocycles. The number of hydrogen-bond donors (Lipinski definition) is 2. The van der Waals surface area contributed by atoms with Gasteiger partial charge in [-0.3, -0.25) is 9.59 Å². The Kier molecular flexibility index (Phi) is 6.39. The molecular weight excluding hydrogens is 320 g/mol. The quantitative estimate of drug-likeness (QED) is 0.809. The van der Waals surface area contributed by atoms with Crippen LogP contribution in [0.5, 0.6) is 17.2 Å². The SMILES string of the molecule is CCOc1ccc(Oc2ccc(NC(=O)C(C)NC(C)=O)cc2)cc1. The first-order valence-electron chi connectivity index (χ1n) is 8.06. The van der Waals surface area contributed by atoms with E-state index in [0.717, 1.165) is 5.75 Å². The first-order chi connectivity index (χ1) is 12.0. The topological polar surface area (TPSA) is 76.7 Å². The van der Waals surface area contributed by atoms with Gasteiger partial charge in [0.05, 0.1) is 6.61 Å². The molecule has 1 atom stereocenters. The number of ether oxygens (including phenoxy) is 2. The van der Waals surface area contributed by atoms with Gasteiger partial charge in [-0.1, -0.05) is 0 Å². The molecule has 0 radical (unpaired) electrons. The highest BCUT2D eigenvalue weighted by molar-refractivity contribution is 5.96. The maximum atomic E-state index is 11.9. The van der Waals surface area contributed by atoms with E-state index >= 15 is 0 Å². The van der Waals surface area contributed by atoms with E-state index in [2.05, 4.69) is 10.6 Å². The minimum Gasteiger partial charge on any atom is -0.494 e. The van der Waals surface area contributed by atoms with Crippen LogP contribution in [0.3, 0.4) is 0 Å². The van der Waals surface area contributed by atoms with Gasteiger partial charge < -0.3 is 20.1 Å². The summed E-state index contributed by atoms with van der Waals surface area (Å²) in [5.74, 6) is 1.61. The van der Waals surface area contributed by atoms with Crippen molar-refractivity contribution in [3.63, 3.8) is 0 Å². The highest BCUT2D eigenvalue weighted by atomic mass is 16.5. The van der Waals surface area contributed by atoms with Crippen LogP contribution in [0.25, 0.3) is 0 Å². The van der Waals surface area contributed by atoms with Crippen molar-refractivity contribution in [3.8, 4) is 17.2 Å². The van der Waals surface area contributed by atoms with E-state index < -0.39 is 6.04 Å². The molecule has 25 heavy (non-hydrogen) atoms. The summed E-state index contributed by atoms with van der Waals surface area (Å²) in [6.07, 6.45) is 0. The second kappa shape index (κ2) is 8.73. The van der Waals surface area contributed by atoms with E-state index in [-0.39, 0.29) is 11.8 Å². The Hall–Kier alpha value is -3.02. The molecule has 0 saturated heterocycles. The smallest absolute Gasteiger partial charge is 0.246 e. The summed E-state index contributed by atoms with van der Waals surface area (Å²) < 4.78 is 11.1. The molecule has 2 N–H and O–H groups in total. The van der Waals surface area contributed by atoms with Crippen LogP contribution in [0.15, 0.2) is 48.5 Å². The lowest BCUT2D eigenvalue weighted by Gasteiger charge is -2.13. The zero-order chi connectivity index (χ0) is 18.2. The number of hydrogen-bond acceptors (Lipinski definition) is 4. The van der Waals surface area contributed by atoms with Crippen molar-refractivity contribution < 1.29 is 19.1 Å². The van der Waals surface area contributed by atoms with E-state index in [1.165, 1.54) is 6.92 Å². The molecule has 0 aliphatic carbocycles. The largest absolute Gasteiger partial charge is 0.494 e. The first kappa shape index (κ1) is 18.3. The molecule has 6 nitrogen and oxygen atoms in total. The van der Waals surface area contributed by atoms with Crippen LogP contribution in [0.4, 0.5) is 5.69 Å². The molecule has 2 aromatic rings. The second-order valence-electron chi connectivity index (χ2n) is 5.44. The number of carbonyl (C=O) groups is 2. The lowest BCUT2D eigenvalue weighted by molar-refractivity contribution is -0.124. The molecule has 0 fully saturated rings. The van der Waals surface area contributed by atoms with Crippen LogP contribution in [0, 0.1) is 0 Å². The summed E-state index contributed by atoms with van der Waals surface area (Å²) in [6, 6.07) is 13.7. The molecule has 0 bridgehead atoms. The molecule has 2 rings (SSSR count). The summed E-state index contributed by atoms with van der Waals surface area (Å²) in [5, 5.41) is 5.27. The Bertz CT molecular complexity index is 711. The van der Waals surface area contributed by atoms with E-state index in [0.29, 0.717) is 23.8 Å². The normalized spacial score (nSPS) is 11.3. The van der Waals surface area contributed by atoms with Crippen molar-refractivity contribution >= 4 is 17.5 Å². The molecule has 0 heterocycles. The van der Waals surface area contributed by atoms with E-state index in [9.17, 15) is 9.59 Å². The van der Waals surface area contributed by atoms with Gasteiger partial charge in [0, 0.05) is 12.6 Å². The van der Waals surface area contributed by atoms with Gasteiger partial charge in [-0.05, 0) is 62.4 Å². The van der Waals surface area contributed by atoms with Crippen molar-refractivity contribution in [3.05, 3.63) is 48.5 Å². The van der Waals surface area contributed by atoms with Gasteiger partial charge in [0.2, 0.25) is 11.8 Å². The fraction of sp³-hybridized carbons (Fsp3) is 0.263. The summed E-state index contributed by atoms with van der Waals surface area (Å²) in [4.78, 5) is 22.9. The molecule has 0 aromatic heterocycles. The summed E-state index contributed by atoms with van der Waals surface area (Å²) >= 11 is 0. The summed E-state index contributed by atoms with van der Waals surface area (Å²) in [6.45, 7) is 5.55. The predicted molar refractivity (Wildman–Crippen MR) is 96.0 cm³/mol. The molecule has 2 aromatic carbocycles. The molecule has 0 aliphatic heterocycles. The van der Waals surface area contributed by atoms with Crippen molar-refractivity contribution in [2.75, 3.05) is 11.9 Å². The maximum Gasteiger partial charge on any atom is 0.246 e. The van der Waals surface area contributed by atoms with Crippen LogP contribution in [-0.4, -0.2) is 24.5 Å². The number of nitrogens with one attached hydrogen (secondary N) is 2. The first-order valence-corrected chi connectivity index (χ1v) is 8.06. The fourth-order valence-corrected chi connectivity index (χ4v) is 2.13. The predicted octanol–water partition coefficient (Wildman–Crippen LogP) is 3.34. The van der Waals surface area contributed by atoms with Crippen molar-refractivity contribution in [2.24, 2.45) is 0 Å². The van der Waals surface area contributed by atoms with Gasteiger partial charge in [0.15, 0.2) is 0 Å². The number of rotatable bonds is 7. The maximum absolute atomic E-state index is 11.9. The average Bonchev–Trinajstić information content (AvgIpc) is 2.58. The van der Waals surface area contributed by atoms with E-state index in [1.807, 2.05) is 31.2 Å². The Balaban J connectivity index is 1.93. The molecule has 132 valence electrons. The monoisotopic (exact) mass is 342 g/mol. The van der Waals surface area contributed by atoms with Crippen molar-refractivity contribution in [2.45, 2.75) is 26.8 Å². The fourth-order valence-electron chi connectivity index (χ4n) is 2.13. The third kappa shape index (κ3) is 5.84. The number of benzene rings is 2. The van der Waals surface area contributed by atoms with Crippen LogP contribution >= 0.6 is 0 Å². The van der Waals surface area contributed by atoms with Gasteiger partial charge in [0.25, 0.3) is 0 Å². The zero-order valence-corrected chi connectivity index (χ0v) is 14.5. The second-order valence-corrected chi connectivity index (χ2v) is 5.44. The number of amides is 2. The highest BCUT2D eigenvalue weighted by Crippen LogP contribution is 2.25. The third-order valence-electron chi connectivity index (χ3n) is 3.31. The minimum atomic E-state index is -0.600. The van der Waals surface area contributed by atoms with Gasteiger partial charge in [-0.2, -0.15) is 0 Å². The lowest BCUT2D eigenvalue weighted by Crippen LogP contribution is -2.40. The lowest BCUT2D eigenvalue weighted by atomic mass is 10.2. The zero-order valence-electron chi connectivity index (χ0n) is 14.5. The Labute approximate surface area is 147 Å². The van der Waals surface area contributed by atoms with Crippen LogP contribution in [-0.2, 0) is 9.59 Å². The summed E-state index contributed by atoms with van der Waals surface area (Å²) in [5.41, 5.74) is 0.626. The minimum absolute atomic E-state index is 0.248. The van der Waals surface area contributed by atoms with Crippen LogP contribution < -0.4 is 20.1 Å². The molecule has 0 spiro atoms. The van der Waals surface area contributed by atoms with E-state index in [4.69, 9.17) is 9.47 Å². The molecule has 1 unspecified atom stereocenters. The molecule has 0 aliphatic rings.